The highest BCUT2D eigenvalue weighted by Crippen LogP contribution is 2.40. The van der Waals surface area contributed by atoms with E-state index in [-0.39, 0.29) is 9.92 Å². The second-order valence-electron chi connectivity index (χ2n) is 5.86. The summed E-state index contributed by atoms with van der Waals surface area (Å²) in [6, 6.07) is 14.2. The minimum absolute atomic E-state index is 0.0906. The van der Waals surface area contributed by atoms with E-state index in [0.717, 1.165) is 10.5 Å². The quantitative estimate of drug-likeness (QED) is 0.566. The van der Waals surface area contributed by atoms with Crippen molar-refractivity contribution in [3.05, 3.63) is 59.1 Å². The van der Waals surface area contributed by atoms with Gasteiger partial charge in [-0.15, -0.1) is 0 Å². The van der Waals surface area contributed by atoms with Crippen LogP contribution in [0.25, 0.3) is 0 Å². The molecule has 1 aromatic heterocycles. The number of rotatable bonds is 5. The fraction of sp³-hybridized carbons (Fsp3) is 0.167. The van der Waals surface area contributed by atoms with E-state index in [1.54, 1.807) is 41.3 Å². The number of aryl methyl sites for hydroxylation is 1. The molecule has 0 amide bonds. The Kier molecular flexibility index (Phi) is 5.62. The number of aromatic nitrogens is 1. The molecule has 26 heavy (non-hydrogen) atoms. The average Bonchev–Trinajstić information content (AvgIpc) is 3.02. The van der Waals surface area contributed by atoms with E-state index in [2.05, 4.69) is 4.98 Å². The van der Waals surface area contributed by atoms with Crippen LogP contribution in [0.2, 0.25) is 5.02 Å². The Morgan fingerprint density at radius 2 is 1.65 bits per heavy atom. The van der Waals surface area contributed by atoms with Gasteiger partial charge in [0.2, 0.25) is 9.84 Å². The Balaban J connectivity index is 2.02. The molecule has 1 heterocycles. The lowest BCUT2D eigenvalue weighted by Crippen LogP contribution is -2.12. The molecule has 0 atom stereocenters. The summed E-state index contributed by atoms with van der Waals surface area (Å²) in [5.41, 5.74) is 1.01. The number of nitrogens with zero attached hydrogens (tertiary/aromatic N) is 2. The van der Waals surface area contributed by atoms with Crippen LogP contribution in [0.1, 0.15) is 5.56 Å². The first-order valence-corrected chi connectivity index (χ1v) is 11.2. The summed E-state index contributed by atoms with van der Waals surface area (Å²) in [5, 5.41) is 1.36. The van der Waals surface area contributed by atoms with Crippen molar-refractivity contribution < 1.29 is 8.42 Å². The number of benzene rings is 2. The number of hydrogen-bond acceptors (Lipinski definition) is 6. The molecule has 3 aromatic rings. The van der Waals surface area contributed by atoms with E-state index in [1.807, 2.05) is 33.2 Å². The van der Waals surface area contributed by atoms with E-state index in [9.17, 15) is 8.42 Å². The van der Waals surface area contributed by atoms with Crippen LogP contribution in [0, 0.1) is 6.92 Å². The van der Waals surface area contributed by atoms with Crippen molar-refractivity contribution in [1.29, 1.82) is 0 Å². The number of anilines is 1. The van der Waals surface area contributed by atoms with E-state index >= 15 is 0 Å². The summed E-state index contributed by atoms with van der Waals surface area (Å²) in [5.74, 6) is 0. The molecular weight excluding hydrogens is 408 g/mol. The number of thiazole rings is 1. The Bertz CT molecular complexity index is 1010. The normalized spacial score (nSPS) is 11.5. The largest absolute Gasteiger partial charge is 0.367 e. The minimum Gasteiger partial charge on any atom is -0.367 e. The lowest BCUT2D eigenvalue weighted by Gasteiger charge is -2.11. The van der Waals surface area contributed by atoms with Crippen molar-refractivity contribution in [2.24, 2.45) is 0 Å². The van der Waals surface area contributed by atoms with Gasteiger partial charge in [-0.2, -0.15) is 0 Å². The van der Waals surface area contributed by atoms with Gasteiger partial charge < -0.3 is 4.90 Å². The molecule has 0 spiro atoms. The fourth-order valence-electron chi connectivity index (χ4n) is 2.21. The zero-order chi connectivity index (χ0) is 18.9. The SMILES string of the molecule is Cc1ccc(S(=O)(=O)c2nc(Sc3ccc(Cl)cc3)sc2N(C)C)cc1. The Morgan fingerprint density at radius 1 is 1.04 bits per heavy atom. The van der Waals surface area contributed by atoms with Crippen LogP contribution in [-0.2, 0) is 9.84 Å². The van der Waals surface area contributed by atoms with Gasteiger partial charge in [0.1, 0.15) is 5.00 Å². The van der Waals surface area contributed by atoms with Crippen LogP contribution in [0.4, 0.5) is 5.00 Å². The van der Waals surface area contributed by atoms with Crippen molar-refractivity contribution in [3.63, 3.8) is 0 Å². The molecule has 0 N–H and O–H groups in total. The molecule has 4 nitrogen and oxygen atoms in total. The lowest BCUT2D eigenvalue weighted by atomic mass is 10.2. The van der Waals surface area contributed by atoms with E-state index < -0.39 is 9.84 Å². The maximum atomic E-state index is 13.1. The number of hydrogen-bond donors (Lipinski definition) is 0. The van der Waals surface area contributed by atoms with Crippen molar-refractivity contribution >= 4 is 49.5 Å². The number of halogens is 1. The molecule has 0 unspecified atom stereocenters. The second kappa shape index (κ2) is 7.60. The molecule has 136 valence electrons. The van der Waals surface area contributed by atoms with E-state index in [1.165, 1.54) is 23.1 Å². The predicted octanol–water partition coefficient (Wildman–Crippen LogP) is 5.15. The van der Waals surface area contributed by atoms with Crippen LogP contribution < -0.4 is 4.90 Å². The average molecular weight is 425 g/mol. The van der Waals surface area contributed by atoms with Crippen molar-refractivity contribution in [2.45, 2.75) is 26.1 Å². The molecular formula is C18H17ClN2O2S3. The molecule has 8 heteroatoms. The Labute approximate surface area is 166 Å². The second-order valence-corrected chi connectivity index (χ2v) is 10.5. The first kappa shape index (κ1) is 19.2. The predicted molar refractivity (Wildman–Crippen MR) is 109 cm³/mol. The van der Waals surface area contributed by atoms with Gasteiger partial charge in [0.15, 0.2) is 9.37 Å². The first-order valence-electron chi connectivity index (χ1n) is 7.71. The van der Waals surface area contributed by atoms with Gasteiger partial charge in [0.05, 0.1) is 4.90 Å². The third-order valence-corrected chi connectivity index (χ3v) is 7.93. The van der Waals surface area contributed by atoms with Crippen LogP contribution in [0.5, 0.6) is 0 Å². The highest BCUT2D eigenvalue weighted by Gasteiger charge is 2.27. The van der Waals surface area contributed by atoms with Crippen molar-refractivity contribution in [2.75, 3.05) is 19.0 Å². The zero-order valence-corrected chi connectivity index (χ0v) is 17.6. The summed E-state index contributed by atoms with van der Waals surface area (Å²) in [4.78, 5) is 7.42. The Hall–Kier alpha value is -1.54. The number of sulfone groups is 1. The first-order chi connectivity index (χ1) is 12.3. The van der Waals surface area contributed by atoms with Crippen LogP contribution in [-0.4, -0.2) is 27.5 Å². The Morgan fingerprint density at radius 3 is 2.23 bits per heavy atom. The van der Waals surface area contributed by atoms with Crippen LogP contribution in [0.3, 0.4) is 0 Å². The van der Waals surface area contributed by atoms with E-state index in [4.69, 9.17) is 11.6 Å². The smallest absolute Gasteiger partial charge is 0.226 e. The van der Waals surface area contributed by atoms with Gasteiger partial charge >= 0.3 is 0 Å². The summed E-state index contributed by atoms with van der Waals surface area (Å²) in [6.07, 6.45) is 0. The maximum absolute atomic E-state index is 13.1. The van der Waals surface area contributed by atoms with Gasteiger partial charge in [0.25, 0.3) is 0 Å². The maximum Gasteiger partial charge on any atom is 0.226 e. The summed E-state index contributed by atoms with van der Waals surface area (Å²) >= 11 is 8.69. The highest BCUT2D eigenvalue weighted by atomic mass is 35.5. The standard InChI is InChI=1S/C18H17ClN2O2S3/c1-12-4-10-15(11-5-12)26(22,23)16-17(21(2)3)25-18(20-16)24-14-8-6-13(19)7-9-14/h4-11H,1-3H3. The third kappa shape index (κ3) is 4.06. The molecule has 0 fully saturated rings. The van der Waals surface area contributed by atoms with Gasteiger partial charge in [-0.1, -0.05) is 52.4 Å². The van der Waals surface area contributed by atoms with Gasteiger partial charge in [-0.25, -0.2) is 13.4 Å². The molecule has 0 radical (unpaired) electrons. The summed E-state index contributed by atoms with van der Waals surface area (Å²) in [7, 11) is -0.0506. The van der Waals surface area contributed by atoms with Gasteiger partial charge in [-0.3, -0.25) is 0 Å². The molecule has 0 saturated carbocycles. The van der Waals surface area contributed by atoms with Gasteiger partial charge in [0, 0.05) is 24.0 Å². The summed E-state index contributed by atoms with van der Waals surface area (Å²) < 4.78 is 26.8. The zero-order valence-electron chi connectivity index (χ0n) is 14.4. The molecule has 2 aromatic carbocycles. The molecule has 0 aliphatic carbocycles. The molecule has 0 bridgehead atoms. The lowest BCUT2D eigenvalue weighted by molar-refractivity contribution is 0.592. The molecule has 3 rings (SSSR count). The van der Waals surface area contributed by atoms with Crippen molar-refractivity contribution in [1.82, 2.24) is 4.98 Å². The minimum atomic E-state index is -3.69. The van der Waals surface area contributed by atoms with Gasteiger partial charge in [-0.05, 0) is 43.3 Å². The fourth-order valence-corrected chi connectivity index (χ4v) is 6.17. The third-order valence-electron chi connectivity index (χ3n) is 3.57. The van der Waals surface area contributed by atoms with E-state index in [0.29, 0.717) is 14.4 Å². The summed E-state index contributed by atoms with van der Waals surface area (Å²) in [6.45, 7) is 1.92. The monoisotopic (exact) mass is 424 g/mol. The van der Waals surface area contributed by atoms with Crippen LogP contribution >= 0.6 is 34.7 Å². The molecule has 0 aliphatic rings. The van der Waals surface area contributed by atoms with Crippen LogP contribution in [0.15, 0.2) is 67.7 Å². The van der Waals surface area contributed by atoms with Crippen molar-refractivity contribution in [3.8, 4) is 0 Å². The molecule has 0 aliphatic heterocycles. The highest BCUT2D eigenvalue weighted by molar-refractivity contribution is 8.01. The molecule has 0 saturated heterocycles. The topological polar surface area (TPSA) is 50.3 Å².